The molecule has 0 aromatic heterocycles. The minimum Gasteiger partial charge on any atom is -0.303 e. The fourth-order valence-corrected chi connectivity index (χ4v) is 1.26. The molecule has 0 aliphatic carbocycles. The van der Waals surface area contributed by atoms with Crippen molar-refractivity contribution < 1.29 is 0 Å². The molecule has 0 saturated carbocycles. The number of benzene rings is 1. The molecule has 0 amide bonds. The van der Waals surface area contributed by atoms with Gasteiger partial charge in [0.05, 0.1) is 0 Å². The molecule has 0 heterocycles. The van der Waals surface area contributed by atoms with E-state index in [1.807, 2.05) is 18.2 Å². The zero-order chi connectivity index (χ0) is 9.14. The Hall–Kier alpha value is -0.530. The van der Waals surface area contributed by atoms with Crippen LogP contribution in [-0.2, 0) is 0 Å². The van der Waals surface area contributed by atoms with Crippen LogP contribution in [0.3, 0.4) is 0 Å². The summed E-state index contributed by atoms with van der Waals surface area (Å²) in [4.78, 5) is 2.16. The Labute approximate surface area is 79.0 Å². The summed E-state index contributed by atoms with van der Waals surface area (Å²) in [5.74, 6) is 0. The summed E-state index contributed by atoms with van der Waals surface area (Å²) in [7, 11) is 4.12. The van der Waals surface area contributed by atoms with Gasteiger partial charge in [0.2, 0.25) is 0 Å². The molecule has 1 atom stereocenters. The van der Waals surface area contributed by atoms with Crippen LogP contribution in [0.2, 0.25) is 5.02 Å². The lowest BCUT2D eigenvalue weighted by Gasteiger charge is -2.19. The average molecular weight is 184 g/mol. The number of hydrogen-bond donors (Lipinski definition) is 0. The number of rotatable bonds is 2. The van der Waals surface area contributed by atoms with E-state index in [1.54, 1.807) is 0 Å². The minimum absolute atomic E-state index is 0.420. The van der Waals surface area contributed by atoms with Crippen molar-refractivity contribution in [3.63, 3.8) is 0 Å². The van der Waals surface area contributed by atoms with Crippen LogP contribution in [0.25, 0.3) is 0 Å². The van der Waals surface area contributed by atoms with E-state index in [0.29, 0.717) is 6.04 Å². The van der Waals surface area contributed by atoms with Crippen molar-refractivity contribution in [1.82, 2.24) is 4.90 Å². The monoisotopic (exact) mass is 183 g/mol. The molecule has 0 saturated heterocycles. The minimum atomic E-state index is 0.420. The van der Waals surface area contributed by atoms with Gasteiger partial charge in [-0.2, -0.15) is 0 Å². The van der Waals surface area contributed by atoms with E-state index < -0.39 is 0 Å². The largest absolute Gasteiger partial charge is 0.303 e. The van der Waals surface area contributed by atoms with E-state index >= 15 is 0 Å². The molecule has 1 aromatic carbocycles. The molecule has 1 aromatic rings. The summed E-state index contributed by atoms with van der Waals surface area (Å²) >= 11 is 5.88. The maximum Gasteiger partial charge on any atom is 0.0409 e. The summed E-state index contributed by atoms with van der Waals surface area (Å²) in [5, 5.41) is 0.807. The first-order chi connectivity index (χ1) is 5.61. The molecule has 0 spiro atoms. The lowest BCUT2D eigenvalue weighted by atomic mass is 10.1. The molecule has 0 fully saturated rings. The smallest absolute Gasteiger partial charge is 0.0409 e. The Morgan fingerprint density at radius 2 is 2.00 bits per heavy atom. The second-order valence-electron chi connectivity index (χ2n) is 3.19. The maximum absolute atomic E-state index is 5.88. The fraction of sp³-hybridized carbons (Fsp3) is 0.400. The highest BCUT2D eigenvalue weighted by molar-refractivity contribution is 6.30. The first kappa shape index (κ1) is 9.56. The van der Waals surface area contributed by atoms with Gasteiger partial charge in [0.25, 0.3) is 0 Å². The lowest BCUT2D eigenvalue weighted by molar-refractivity contribution is 0.321. The zero-order valence-electron chi connectivity index (χ0n) is 7.71. The molecule has 1 unspecified atom stereocenters. The number of halogens is 1. The van der Waals surface area contributed by atoms with Crippen molar-refractivity contribution in [3.8, 4) is 0 Å². The first-order valence-electron chi connectivity index (χ1n) is 4.03. The van der Waals surface area contributed by atoms with Crippen LogP contribution < -0.4 is 0 Å². The zero-order valence-corrected chi connectivity index (χ0v) is 8.47. The number of nitrogens with zero attached hydrogens (tertiary/aromatic N) is 1. The highest BCUT2D eigenvalue weighted by Gasteiger charge is 2.06. The van der Waals surface area contributed by atoms with Gasteiger partial charge in [-0.1, -0.05) is 23.7 Å². The average Bonchev–Trinajstić information content (AvgIpc) is 2.03. The molecule has 0 N–H and O–H groups in total. The summed E-state index contributed by atoms with van der Waals surface area (Å²) in [6, 6.07) is 8.40. The molecule has 12 heavy (non-hydrogen) atoms. The van der Waals surface area contributed by atoms with Gasteiger partial charge in [-0.25, -0.2) is 0 Å². The predicted octanol–water partition coefficient (Wildman–Crippen LogP) is 2.96. The van der Waals surface area contributed by atoms with E-state index in [-0.39, 0.29) is 0 Å². The molecule has 1 rings (SSSR count). The van der Waals surface area contributed by atoms with Crippen LogP contribution >= 0.6 is 11.6 Å². The molecular weight excluding hydrogens is 170 g/mol. The van der Waals surface area contributed by atoms with E-state index in [9.17, 15) is 0 Å². The Morgan fingerprint density at radius 1 is 1.33 bits per heavy atom. The third-order valence-electron chi connectivity index (χ3n) is 2.11. The van der Waals surface area contributed by atoms with Gasteiger partial charge in [0.1, 0.15) is 0 Å². The van der Waals surface area contributed by atoms with Gasteiger partial charge in [0, 0.05) is 11.1 Å². The summed E-state index contributed by atoms with van der Waals surface area (Å²) in [6.45, 7) is 2.16. The van der Waals surface area contributed by atoms with Gasteiger partial charge in [-0.15, -0.1) is 0 Å². The van der Waals surface area contributed by atoms with Crippen molar-refractivity contribution in [1.29, 1.82) is 0 Å². The van der Waals surface area contributed by atoms with Crippen LogP contribution in [0.4, 0.5) is 0 Å². The van der Waals surface area contributed by atoms with Gasteiger partial charge in [-0.3, -0.25) is 0 Å². The van der Waals surface area contributed by atoms with Crippen LogP contribution in [0, 0.1) is 0 Å². The van der Waals surface area contributed by atoms with Crippen molar-refractivity contribution in [2.45, 2.75) is 13.0 Å². The summed E-state index contributed by atoms with van der Waals surface area (Å²) < 4.78 is 0. The molecule has 66 valence electrons. The van der Waals surface area contributed by atoms with Gasteiger partial charge >= 0.3 is 0 Å². The summed E-state index contributed by atoms with van der Waals surface area (Å²) in [6.07, 6.45) is 0. The van der Waals surface area contributed by atoms with Crippen LogP contribution in [0.5, 0.6) is 0 Å². The fourth-order valence-electron chi connectivity index (χ4n) is 1.06. The van der Waals surface area contributed by atoms with E-state index in [1.165, 1.54) is 5.56 Å². The standard InChI is InChI=1S/C10H14ClN/c1-8(12(2)3)9-5-4-6-10(11)7-9/h4-8H,1-3H3. The van der Waals surface area contributed by atoms with E-state index in [4.69, 9.17) is 11.6 Å². The van der Waals surface area contributed by atoms with E-state index in [0.717, 1.165) is 5.02 Å². The third-order valence-corrected chi connectivity index (χ3v) is 2.34. The Balaban J connectivity index is 2.88. The first-order valence-corrected chi connectivity index (χ1v) is 4.41. The molecule has 0 bridgehead atoms. The molecule has 0 radical (unpaired) electrons. The molecule has 2 heteroatoms. The van der Waals surface area contributed by atoms with Crippen molar-refractivity contribution >= 4 is 11.6 Å². The quantitative estimate of drug-likeness (QED) is 0.682. The molecular formula is C10H14ClN. The van der Waals surface area contributed by atoms with Crippen LogP contribution in [0.1, 0.15) is 18.5 Å². The van der Waals surface area contributed by atoms with Gasteiger partial charge in [0.15, 0.2) is 0 Å². The molecule has 1 nitrogen and oxygen atoms in total. The topological polar surface area (TPSA) is 3.24 Å². The molecule has 0 aliphatic heterocycles. The second kappa shape index (κ2) is 3.92. The summed E-state index contributed by atoms with van der Waals surface area (Å²) in [5.41, 5.74) is 1.26. The van der Waals surface area contributed by atoms with Crippen LogP contribution in [-0.4, -0.2) is 19.0 Å². The molecule has 0 aliphatic rings. The van der Waals surface area contributed by atoms with Crippen molar-refractivity contribution in [2.75, 3.05) is 14.1 Å². The van der Waals surface area contributed by atoms with Gasteiger partial charge < -0.3 is 4.90 Å². The Kier molecular flexibility index (Phi) is 3.12. The Bertz CT molecular complexity index is 258. The SMILES string of the molecule is CC(c1cccc(Cl)c1)N(C)C. The van der Waals surface area contributed by atoms with E-state index in [2.05, 4.69) is 32.0 Å². The third kappa shape index (κ3) is 2.23. The predicted molar refractivity (Wildman–Crippen MR) is 53.6 cm³/mol. The lowest BCUT2D eigenvalue weighted by Crippen LogP contribution is -2.16. The van der Waals surface area contributed by atoms with Gasteiger partial charge in [-0.05, 0) is 38.7 Å². The number of hydrogen-bond acceptors (Lipinski definition) is 1. The maximum atomic E-state index is 5.88. The second-order valence-corrected chi connectivity index (χ2v) is 3.63. The highest BCUT2D eigenvalue weighted by Crippen LogP contribution is 2.20. The van der Waals surface area contributed by atoms with Crippen LogP contribution in [0.15, 0.2) is 24.3 Å². The Morgan fingerprint density at radius 3 is 2.50 bits per heavy atom. The highest BCUT2D eigenvalue weighted by atomic mass is 35.5. The van der Waals surface area contributed by atoms with Crippen molar-refractivity contribution in [2.24, 2.45) is 0 Å². The normalized spacial score (nSPS) is 13.4. The van der Waals surface area contributed by atoms with Crippen molar-refractivity contribution in [3.05, 3.63) is 34.9 Å².